The second-order valence-electron chi connectivity index (χ2n) is 6.08. The molecule has 0 saturated carbocycles. The maximum Gasteiger partial charge on any atom is 0.274 e. The standard InChI is InChI=1S/C20H17ClN4O3/c21-14-3-1-13(2-4-14)11-22-19-10-16(23-12-24-19)20(26)25-15-5-6-17-18(9-15)28-8-7-27-17/h1-6,9-10,12H,7-8,11H2,(H,25,26)(H,22,23,24). The van der Waals surface area contributed by atoms with Crippen LogP contribution in [0.3, 0.4) is 0 Å². The Bertz CT molecular complexity index is 995. The van der Waals surface area contributed by atoms with Crippen LogP contribution in [0.25, 0.3) is 0 Å². The lowest BCUT2D eigenvalue weighted by Gasteiger charge is -2.19. The van der Waals surface area contributed by atoms with E-state index in [1.54, 1.807) is 24.3 Å². The van der Waals surface area contributed by atoms with E-state index < -0.39 is 0 Å². The third-order valence-electron chi connectivity index (χ3n) is 4.09. The molecule has 1 aliphatic rings. The topological polar surface area (TPSA) is 85.4 Å². The minimum absolute atomic E-state index is 0.253. The van der Waals surface area contributed by atoms with Gasteiger partial charge >= 0.3 is 0 Å². The summed E-state index contributed by atoms with van der Waals surface area (Å²) in [5.41, 5.74) is 1.90. The van der Waals surface area contributed by atoms with Crippen molar-refractivity contribution in [3.8, 4) is 11.5 Å². The van der Waals surface area contributed by atoms with Crippen LogP contribution in [0.5, 0.6) is 11.5 Å². The Hall–Kier alpha value is -3.32. The van der Waals surface area contributed by atoms with Gasteiger partial charge in [-0.05, 0) is 29.8 Å². The van der Waals surface area contributed by atoms with E-state index in [1.165, 1.54) is 6.33 Å². The number of rotatable bonds is 5. The lowest BCUT2D eigenvalue weighted by molar-refractivity contribution is 0.102. The monoisotopic (exact) mass is 396 g/mol. The number of halogens is 1. The van der Waals surface area contributed by atoms with Crippen molar-refractivity contribution in [3.63, 3.8) is 0 Å². The molecule has 2 aromatic carbocycles. The number of nitrogens with zero attached hydrogens (tertiary/aromatic N) is 2. The van der Waals surface area contributed by atoms with Crippen LogP contribution in [0, 0.1) is 0 Å². The summed E-state index contributed by atoms with van der Waals surface area (Å²) in [5.74, 6) is 1.49. The molecular weight excluding hydrogens is 380 g/mol. The SMILES string of the molecule is O=C(Nc1ccc2c(c1)OCCO2)c1cc(NCc2ccc(Cl)cc2)ncn1. The molecule has 142 valence electrons. The van der Waals surface area contributed by atoms with E-state index in [1.807, 2.05) is 24.3 Å². The first-order valence-electron chi connectivity index (χ1n) is 8.69. The largest absolute Gasteiger partial charge is 0.486 e. The van der Waals surface area contributed by atoms with Gasteiger partial charge in [0.05, 0.1) is 0 Å². The van der Waals surface area contributed by atoms with Crippen molar-refractivity contribution in [1.82, 2.24) is 9.97 Å². The van der Waals surface area contributed by atoms with Gasteiger partial charge in [-0.1, -0.05) is 23.7 Å². The van der Waals surface area contributed by atoms with Gasteiger partial charge in [0.15, 0.2) is 11.5 Å². The van der Waals surface area contributed by atoms with Crippen molar-refractivity contribution in [2.45, 2.75) is 6.54 Å². The van der Waals surface area contributed by atoms with Gasteiger partial charge in [-0.15, -0.1) is 0 Å². The van der Waals surface area contributed by atoms with Crippen LogP contribution in [0.15, 0.2) is 54.9 Å². The first kappa shape index (κ1) is 18.1. The zero-order valence-corrected chi connectivity index (χ0v) is 15.6. The Kier molecular flexibility index (Phi) is 5.25. The van der Waals surface area contributed by atoms with Gasteiger partial charge in [0.2, 0.25) is 0 Å². The zero-order valence-electron chi connectivity index (χ0n) is 14.8. The molecule has 0 unspecified atom stereocenters. The van der Waals surface area contributed by atoms with Crippen LogP contribution in [0.1, 0.15) is 16.1 Å². The molecule has 0 spiro atoms. The molecule has 1 aliphatic heterocycles. The summed E-state index contributed by atoms with van der Waals surface area (Å²) in [6.45, 7) is 1.56. The number of carbonyl (C=O) groups is 1. The minimum Gasteiger partial charge on any atom is -0.486 e. The van der Waals surface area contributed by atoms with Gasteiger partial charge < -0.3 is 20.1 Å². The van der Waals surface area contributed by atoms with Crippen molar-refractivity contribution < 1.29 is 14.3 Å². The van der Waals surface area contributed by atoms with Crippen LogP contribution < -0.4 is 20.1 Å². The predicted molar refractivity (Wildman–Crippen MR) is 106 cm³/mol. The summed E-state index contributed by atoms with van der Waals surface area (Å²) in [4.78, 5) is 20.7. The molecule has 0 fully saturated rings. The van der Waals surface area contributed by atoms with Crippen molar-refractivity contribution in [3.05, 3.63) is 71.1 Å². The summed E-state index contributed by atoms with van der Waals surface area (Å²) in [7, 11) is 0. The fourth-order valence-corrected chi connectivity index (χ4v) is 2.82. The minimum atomic E-state index is -0.339. The number of benzene rings is 2. The number of carbonyl (C=O) groups excluding carboxylic acids is 1. The molecule has 7 nitrogen and oxygen atoms in total. The highest BCUT2D eigenvalue weighted by Crippen LogP contribution is 2.32. The number of ether oxygens (including phenoxy) is 2. The molecule has 28 heavy (non-hydrogen) atoms. The number of anilines is 2. The van der Waals surface area contributed by atoms with E-state index in [2.05, 4.69) is 20.6 Å². The second kappa shape index (κ2) is 8.14. The van der Waals surface area contributed by atoms with Gasteiger partial charge in [-0.3, -0.25) is 4.79 Å². The third-order valence-corrected chi connectivity index (χ3v) is 4.34. The number of fused-ring (bicyclic) bond motifs is 1. The predicted octanol–water partition coefficient (Wildman–Crippen LogP) is 3.77. The fraction of sp³-hybridized carbons (Fsp3) is 0.150. The van der Waals surface area contributed by atoms with Crippen molar-refractivity contribution in [1.29, 1.82) is 0 Å². The molecule has 0 saturated heterocycles. The quantitative estimate of drug-likeness (QED) is 0.683. The molecular formula is C20H17ClN4O3. The normalized spacial score (nSPS) is 12.3. The maximum absolute atomic E-state index is 12.5. The third kappa shape index (κ3) is 4.32. The number of amides is 1. The van der Waals surface area contributed by atoms with E-state index in [9.17, 15) is 4.79 Å². The molecule has 3 aromatic rings. The Labute approximate surface area is 166 Å². The average Bonchev–Trinajstić information content (AvgIpc) is 2.73. The van der Waals surface area contributed by atoms with Gasteiger partial charge in [-0.25, -0.2) is 9.97 Å². The fourth-order valence-electron chi connectivity index (χ4n) is 2.69. The lowest BCUT2D eigenvalue weighted by Crippen LogP contribution is -2.17. The Morgan fingerprint density at radius 2 is 1.79 bits per heavy atom. The average molecular weight is 397 g/mol. The summed E-state index contributed by atoms with van der Waals surface area (Å²) in [6.07, 6.45) is 1.35. The number of hydrogen-bond donors (Lipinski definition) is 2. The smallest absolute Gasteiger partial charge is 0.274 e. The molecule has 2 N–H and O–H groups in total. The highest BCUT2D eigenvalue weighted by molar-refractivity contribution is 6.30. The Morgan fingerprint density at radius 1 is 1.00 bits per heavy atom. The van der Waals surface area contributed by atoms with Crippen molar-refractivity contribution in [2.24, 2.45) is 0 Å². The molecule has 0 radical (unpaired) electrons. The van der Waals surface area contributed by atoms with E-state index >= 15 is 0 Å². The van der Waals surface area contributed by atoms with Gasteiger partial charge in [0, 0.05) is 29.4 Å². The summed E-state index contributed by atoms with van der Waals surface area (Å²) >= 11 is 5.89. The maximum atomic E-state index is 12.5. The van der Waals surface area contributed by atoms with E-state index in [4.69, 9.17) is 21.1 Å². The molecule has 1 amide bonds. The number of hydrogen-bond acceptors (Lipinski definition) is 6. The van der Waals surface area contributed by atoms with E-state index in [0.717, 1.165) is 5.56 Å². The molecule has 0 atom stereocenters. The lowest BCUT2D eigenvalue weighted by atomic mass is 10.2. The van der Waals surface area contributed by atoms with Crippen LogP contribution in [0.2, 0.25) is 5.02 Å². The van der Waals surface area contributed by atoms with Crippen molar-refractivity contribution in [2.75, 3.05) is 23.8 Å². The van der Waals surface area contributed by atoms with Crippen LogP contribution in [-0.4, -0.2) is 29.1 Å². The molecule has 0 aliphatic carbocycles. The molecule has 2 heterocycles. The van der Waals surface area contributed by atoms with E-state index in [-0.39, 0.29) is 11.6 Å². The van der Waals surface area contributed by atoms with Gasteiger partial charge in [0.1, 0.15) is 31.1 Å². The Balaban J connectivity index is 1.42. The molecule has 0 bridgehead atoms. The summed E-state index contributed by atoms with van der Waals surface area (Å²) in [6, 6.07) is 14.3. The first-order valence-corrected chi connectivity index (χ1v) is 9.06. The molecule has 8 heteroatoms. The Morgan fingerprint density at radius 3 is 2.61 bits per heavy atom. The van der Waals surface area contributed by atoms with E-state index in [0.29, 0.717) is 47.8 Å². The van der Waals surface area contributed by atoms with Gasteiger partial charge in [-0.2, -0.15) is 0 Å². The van der Waals surface area contributed by atoms with Crippen LogP contribution in [0.4, 0.5) is 11.5 Å². The first-order chi connectivity index (χ1) is 13.7. The second-order valence-corrected chi connectivity index (χ2v) is 6.52. The van der Waals surface area contributed by atoms with Crippen LogP contribution >= 0.6 is 11.6 Å². The summed E-state index contributed by atoms with van der Waals surface area (Å²) < 4.78 is 11.0. The molecule has 4 rings (SSSR count). The van der Waals surface area contributed by atoms with Crippen molar-refractivity contribution >= 4 is 29.0 Å². The van der Waals surface area contributed by atoms with Gasteiger partial charge in [0.25, 0.3) is 5.91 Å². The highest BCUT2D eigenvalue weighted by Gasteiger charge is 2.14. The summed E-state index contributed by atoms with van der Waals surface area (Å²) in [5, 5.41) is 6.66. The zero-order chi connectivity index (χ0) is 19.3. The van der Waals surface area contributed by atoms with Crippen LogP contribution in [-0.2, 0) is 6.54 Å². The number of aromatic nitrogens is 2. The number of nitrogens with one attached hydrogen (secondary N) is 2. The highest BCUT2D eigenvalue weighted by atomic mass is 35.5. The molecule has 1 aromatic heterocycles.